The fourth-order valence-electron chi connectivity index (χ4n) is 1.86. The van der Waals surface area contributed by atoms with Crippen molar-refractivity contribution >= 4 is 11.6 Å². The lowest BCUT2D eigenvalue weighted by Gasteiger charge is -2.15. The van der Waals surface area contributed by atoms with Crippen molar-refractivity contribution < 1.29 is 9.13 Å². The predicted molar refractivity (Wildman–Crippen MR) is 75.3 cm³/mol. The molecule has 2 aromatic rings. The van der Waals surface area contributed by atoms with Gasteiger partial charge in [0.1, 0.15) is 17.3 Å². The van der Waals surface area contributed by atoms with E-state index in [0.29, 0.717) is 22.1 Å². The Kier molecular flexibility index (Phi) is 4.08. The van der Waals surface area contributed by atoms with Crippen molar-refractivity contribution in [3.8, 4) is 11.5 Å². The van der Waals surface area contributed by atoms with Crippen LogP contribution in [0.5, 0.6) is 11.5 Å². The first-order valence-corrected chi connectivity index (χ1v) is 6.35. The number of benzene rings is 2. The number of nitrogens with two attached hydrogens (primary N) is 1. The van der Waals surface area contributed by atoms with E-state index in [9.17, 15) is 4.39 Å². The van der Waals surface area contributed by atoms with Crippen LogP contribution in [0.4, 0.5) is 4.39 Å². The highest BCUT2D eigenvalue weighted by Gasteiger charge is 2.15. The molecule has 2 nitrogen and oxygen atoms in total. The zero-order valence-electron chi connectivity index (χ0n) is 10.8. The van der Waals surface area contributed by atoms with E-state index in [-0.39, 0.29) is 5.82 Å². The summed E-state index contributed by atoms with van der Waals surface area (Å²) in [5, 5.41) is 0.477. The predicted octanol–water partition coefficient (Wildman–Crippen LogP) is 4.60. The van der Waals surface area contributed by atoms with Gasteiger partial charge in [-0.3, -0.25) is 0 Å². The van der Waals surface area contributed by atoms with Gasteiger partial charge in [0.05, 0.1) is 5.02 Å². The normalized spacial score (nSPS) is 12.3. The molecule has 0 saturated heterocycles. The Morgan fingerprint density at radius 1 is 1.21 bits per heavy atom. The van der Waals surface area contributed by atoms with Gasteiger partial charge in [0.15, 0.2) is 0 Å². The number of halogens is 2. The van der Waals surface area contributed by atoms with E-state index in [1.807, 2.05) is 13.0 Å². The molecule has 0 radical (unpaired) electrons. The van der Waals surface area contributed by atoms with Crippen LogP contribution in [0.25, 0.3) is 0 Å². The molecule has 0 aliphatic heterocycles. The van der Waals surface area contributed by atoms with Gasteiger partial charge in [-0.25, -0.2) is 4.39 Å². The Hall–Kier alpha value is -1.58. The van der Waals surface area contributed by atoms with Crippen molar-refractivity contribution in [2.45, 2.75) is 19.9 Å². The lowest BCUT2D eigenvalue weighted by Crippen LogP contribution is -2.09. The first-order valence-electron chi connectivity index (χ1n) is 5.97. The van der Waals surface area contributed by atoms with Crippen LogP contribution in [0.1, 0.15) is 24.1 Å². The minimum atomic E-state index is -0.459. The maximum absolute atomic E-state index is 13.8. The second-order valence-corrected chi connectivity index (χ2v) is 4.88. The summed E-state index contributed by atoms with van der Waals surface area (Å²) in [6.07, 6.45) is 0. The molecule has 0 heterocycles. The Morgan fingerprint density at radius 3 is 2.63 bits per heavy atom. The quantitative estimate of drug-likeness (QED) is 0.891. The Balaban J connectivity index is 2.44. The van der Waals surface area contributed by atoms with Crippen LogP contribution in [0.15, 0.2) is 36.4 Å². The molecule has 0 amide bonds. The van der Waals surface area contributed by atoms with E-state index in [0.717, 1.165) is 5.56 Å². The van der Waals surface area contributed by atoms with Gasteiger partial charge in [-0.05, 0) is 43.7 Å². The van der Waals surface area contributed by atoms with Crippen LogP contribution < -0.4 is 10.5 Å². The molecule has 0 aliphatic rings. The van der Waals surface area contributed by atoms with Gasteiger partial charge in [0, 0.05) is 11.6 Å². The topological polar surface area (TPSA) is 35.2 Å². The van der Waals surface area contributed by atoms with Crippen LogP contribution in [0.2, 0.25) is 5.02 Å². The van der Waals surface area contributed by atoms with Gasteiger partial charge in [-0.2, -0.15) is 0 Å². The molecule has 0 fully saturated rings. The third-order valence-electron chi connectivity index (χ3n) is 2.77. The molecule has 1 unspecified atom stereocenters. The van der Waals surface area contributed by atoms with Gasteiger partial charge < -0.3 is 10.5 Å². The largest absolute Gasteiger partial charge is 0.455 e. The maximum atomic E-state index is 13.8. The molecule has 2 N–H and O–H groups in total. The van der Waals surface area contributed by atoms with Crippen molar-refractivity contribution in [1.82, 2.24) is 0 Å². The summed E-state index contributed by atoms with van der Waals surface area (Å²) in [6.45, 7) is 3.64. The summed E-state index contributed by atoms with van der Waals surface area (Å²) in [7, 11) is 0. The summed E-state index contributed by atoms with van der Waals surface area (Å²) in [5.41, 5.74) is 7.14. The number of aryl methyl sites for hydroxylation is 1. The van der Waals surface area contributed by atoms with Crippen molar-refractivity contribution in [3.05, 3.63) is 58.4 Å². The lowest BCUT2D eigenvalue weighted by atomic mass is 10.1. The Bertz CT molecular complexity index is 599. The van der Waals surface area contributed by atoms with Gasteiger partial charge >= 0.3 is 0 Å². The van der Waals surface area contributed by atoms with Crippen LogP contribution in [0, 0.1) is 12.7 Å². The van der Waals surface area contributed by atoms with Crippen molar-refractivity contribution in [1.29, 1.82) is 0 Å². The van der Waals surface area contributed by atoms with E-state index in [1.54, 1.807) is 31.2 Å². The molecule has 1 atom stereocenters. The summed E-state index contributed by atoms with van der Waals surface area (Å²) in [6, 6.07) is 9.60. The fourth-order valence-corrected chi connectivity index (χ4v) is 2.01. The molecule has 2 aromatic carbocycles. The second kappa shape index (κ2) is 5.59. The molecule has 19 heavy (non-hydrogen) atoms. The van der Waals surface area contributed by atoms with Crippen molar-refractivity contribution in [3.63, 3.8) is 0 Å². The Labute approximate surface area is 117 Å². The van der Waals surface area contributed by atoms with Crippen LogP contribution in [-0.4, -0.2) is 0 Å². The summed E-state index contributed by atoms with van der Waals surface area (Å²) < 4.78 is 19.5. The third-order valence-corrected chi connectivity index (χ3v) is 3.09. The molecule has 100 valence electrons. The van der Waals surface area contributed by atoms with Gasteiger partial charge in [0.2, 0.25) is 0 Å². The zero-order valence-corrected chi connectivity index (χ0v) is 11.5. The minimum absolute atomic E-state index is 0.347. The number of hydrogen-bond acceptors (Lipinski definition) is 2. The van der Waals surface area contributed by atoms with Crippen molar-refractivity contribution in [2.75, 3.05) is 0 Å². The zero-order chi connectivity index (χ0) is 14.0. The van der Waals surface area contributed by atoms with E-state index < -0.39 is 6.04 Å². The lowest BCUT2D eigenvalue weighted by molar-refractivity contribution is 0.461. The molecule has 0 bridgehead atoms. The van der Waals surface area contributed by atoms with E-state index in [2.05, 4.69) is 0 Å². The summed E-state index contributed by atoms with van der Waals surface area (Å²) in [4.78, 5) is 0. The van der Waals surface area contributed by atoms with E-state index in [1.165, 1.54) is 6.07 Å². The minimum Gasteiger partial charge on any atom is -0.455 e. The van der Waals surface area contributed by atoms with Crippen LogP contribution >= 0.6 is 11.6 Å². The average molecular weight is 280 g/mol. The third kappa shape index (κ3) is 3.06. The first-order chi connectivity index (χ1) is 8.99. The van der Waals surface area contributed by atoms with Gasteiger partial charge in [0.25, 0.3) is 0 Å². The molecule has 2 rings (SSSR count). The standard InChI is InChI=1S/C15H15ClFNO/c1-9-6-7-11(16)14(8-9)19-13-5-3-4-12(17)15(13)10(2)18/h3-8,10H,18H2,1-2H3. The average Bonchev–Trinajstić information content (AvgIpc) is 2.33. The van der Waals surface area contributed by atoms with Crippen LogP contribution in [-0.2, 0) is 0 Å². The molecular formula is C15H15ClFNO. The molecule has 4 heteroatoms. The monoisotopic (exact) mass is 279 g/mol. The molecule has 0 saturated carbocycles. The molecular weight excluding hydrogens is 265 g/mol. The fraction of sp³-hybridized carbons (Fsp3) is 0.200. The number of ether oxygens (including phenoxy) is 1. The van der Waals surface area contributed by atoms with Gasteiger partial charge in [-0.15, -0.1) is 0 Å². The van der Waals surface area contributed by atoms with E-state index in [4.69, 9.17) is 22.1 Å². The highest BCUT2D eigenvalue weighted by molar-refractivity contribution is 6.32. The number of hydrogen-bond donors (Lipinski definition) is 1. The molecule has 0 aromatic heterocycles. The molecule has 0 aliphatic carbocycles. The van der Waals surface area contributed by atoms with Gasteiger partial charge in [-0.1, -0.05) is 23.7 Å². The molecule has 0 spiro atoms. The summed E-state index contributed by atoms with van der Waals surface area (Å²) in [5.74, 6) is 0.507. The highest BCUT2D eigenvalue weighted by Crippen LogP contribution is 2.34. The van der Waals surface area contributed by atoms with Crippen molar-refractivity contribution in [2.24, 2.45) is 5.73 Å². The van der Waals surface area contributed by atoms with E-state index >= 15 is 0 Å². The SMILES string of the molecule is Cc1ccc(Cl)c(Oc2cccc(F)c2C(C)N)c1. The summed E-state index contributed by atoms with van der Waals surface area (Å²) >= 11 is 6.07. The maximum Gasteiger partial charge on any atom is 0.146 e. The smallest absolute Gasteiger partial charge is 0.146 e. The Morgan fingerprint density at radius 2 is 1.95 bits per heavy atom. The number of rotatable bonds is 3. The van der Waals surface area contributed by atoms with Crippen LogP contribution in [0.3, 0.4) is 0 Å². The second-order valence-electron chi connectivity index (χ2n) is 4.48. The first kappa shape index (κ1) is 13.8. The highest BCUT2D eigenvalue weighted by atomic mass is 35.5.